The van der Waals surface area contributed by atoms with Crippen molar-refractivity contribution in [3.8, 4) is 0 Å². The van der Waals surface area contributed by atoms with Gasteiger partial charge in [-0.3, -0.25) is 19.2 Å². The summed E-state index contributed by atoms with van der Waals surface area (Å²) in [6.45, 7) is 13.1. The van der Waals surface area contributed by atoms with Crippen LogP contribution in [-0.2, 0) is 19.2 Å². The molecule has 0 amide bonds. The van der Waals surface area contributed by atoms with Gasteiger partial charge in [-0.05, 0) is 73.0 Å². The summed E-state index contributed by atoms with van der Waals surface area (Å²) in [5.41, 5.74) is -4.95. The molecule has 0 aliphatic heterocycles. The van der Waals surface area contributed by atoms with Crippen LogP contribution in [0.15, 0.2) is 59.7 Å². The molecule has 1 aromatic carbocycles. The molecule has 0 spiro atoms. The molecule has 0 aromatic heterocycles. The fourth-order valence-electron chi connectivity index (χ4n) is 11.9. The van der Waals surface area contributed by atoms with Gasteiger partial charge in [-0.1, -0.05) is 90.1 Å². The van der Waals surface area contributed by atoms with E-state index in [1.165, 1.54) is 6.92 Å². The molecule has 0 saturated heterocycles. The molecule has 0 unspecified atom stereocenters. The summed E-state index contributed by atoms with van der Waals surface area (Å²) in [5, 5.41) is 56.7. The van der Waals surface area contributed by atoms with Gasteiger partial charge in [-0.2, -0.15) is 0 Å². The van der Waals surface area contributed by atoms with Crippen molar-refractivity contribution in [2.45, 2.75) is 110 Å². The lowest BCUT2D eigenvalue weighted by Crippen LogP contribution is -2.69. The van der Waals surface area contributed by atoms with Crippen molar-refractivity contribution in [2.24, 2.45) is 51.2 Å². The van der Waals surface area contributed by atoms with Gasteiger partial charge in [0.05, 0.1) is 11.7 Å². The molecule has 51 heavy (non-hydrogen) atoms. The molecule has 5 N–H and O–H groups in total. The second kappa shape index (κ2) is 12.2. The summed E-state index contributed by atoms with van der Waals surface area (Å²) in [6, 6.07) is 9.72. The Hall–Kier alpha value is -3.24. The number of carbonyl (C=O) groups is 4. The summed E-state index contributed by atoms with van der Waals surface area (Å²) >= 11 is 0. The molecule has 276 valence electrons. The van der Waals surface area contributed by atoms with E-state index in [1.54, 1.807) is 12.2 Å². The summed E-state index contributed by atoms with van der Waals surface area (Å²) in [4.78, 5) is 53.6. The van der Waals surface area contributed by atoms with Crippen LogP contribution in [0.25, 0.3) is 6.08 Å². The Bertz CT molecular complexity index is 1740. The van der Waals surface area contributed by atoms with Gasteiger partial charge in [0.2, 0.25) is 0 Å². The highest BCUT2D eigenvalue weighted by molar-refractivity contribution is 6.02. The highest BCUT2D eigenvalue weighted by Crippen LogP contribution is 2.78. The average Bonchev–Trinajstić information content (AvgIpc) is 3.23. The number of aliphatic carboxylic acids is 1. The fraction of sp³-hybridized carbons (Fsp3) is 0.619. The monoisotopic (exact) mass is 702 g/mol. The van der Waals surface area contributed by atoms with Crippen LogP contribution in [0.1, 0.15) is 92.6 Å². The smallest absolute Gasteiger partial charge is 0.314 e. The summed E-state index contributed by atoms with van der Waals surface area (Å²) in [7, 11) is 0. The Balaban J connectivity index is 1.49. The van der Waals surface area contributed by atoms with Gasteiger partial charge < -0.3 is 25.5 Å². The predicted octanol–water partition coefficient (Wildman–Crippen LogP) is 5.10. The number of carboxylic acid groups (broad SMARTS) is 1. The van der Waals surface area contributed by atoms with E-state index in [1.807, 2.05) is 77.1 Å². The van der Waals surface area contributed by atoms with Crippen molar-refractivity contribution in [3.05, 3.63) is 65.3 Å². The second-order valence-electron chi connectivity index (χ2n) is 17.7. The number of benzene rings is 1. The van der Waals surface area contributed by atoms with Gasteiger partial charge in [0, 0.05) is 40.6 Å². The lowest BCUT2D eigenvalue weighted by Gasteiger charge is -2.68. The van der Waals surface area contributed by atoms with Gasteiger partial charge >= 0.3 is 5.97 Å². The average molecular weight is 703 g/mol. The van der Waals surface area contributed by atoms with Crippen LogP contribution in [0, 0.1) is 51.2 Å². The molecular weight excluding hydrogens is 648 g/mol. The van der Waals surface area contributed by atoms with E-state index in [-0.39, 0.29) is 37.2 Å². The number of carboxylic acids is 1. The Kier molecular flexibility index (Phi) is 8.94. The molecule has 9 heteroatoms. The first-order valence-corrected chi connectivity index (χ1v) is 18.4. The number of Topliss-reactive ketones (excluding diaryl/α,β-unsaturated/α-hetero) is 3. The number of hydrogen-bond donors (Lipinski definition) is 5. The van der Waals surface area contributed by atoms with E-state index < -0.39 is 86.4 Å². The number of ketones is 3. The highest BCUT2D eigenvalue weighted by Gasteiger charge is 2.78. The topological polar surface area (TPSA) is 169 Å². The normalized spacial score (nSPS) is 40.4. The molecule has 6 rings (SSSR count). The summed E-state index contributed by atoms with van der Waals surface area (Å²) in [5.74, 6) is -5.79. The molecule has 5 aliphatic rings. The van der Waals surface area contributed by atoms with Crippen molar-refractivity contribution in [1.29, 1.82) is 0 Å². The van der Waals surface area contributed by atoms with Crippen LogP contribution >= 0.6 is 0 Å². The third kappa shape index (κ3) is 5.16. The number of aliphatic hydroxyl groups is 4. The van der Waals surface area contributed by atoms with Crippen molar-refractivity contribution in [3.63, 3.8) is 0 Å². The van der Waals surface area contributed by atoms with Gasteiger partial charge in [0.1, 0.15) is 23.4 Å². The van der Waals surface area contributed by atoms with E-state index in [2.05, 4.69) is 6.92 Å². The zero-order valence-electron chi connectivity index (χ0n) is 30.8. The Morgan fingerprint density at radius 3 is 2.22 bits per heavy atom. The number of allylic oxidation sites excluding steroid dienone is 1. The number of fused-ring (bicyclic) bond motifs is 2. The first-order chi connectivity index (χ1) is 23.6. The van der Waals surface area contributed by atoms with Crippen LogP contribution in [0.2, 0.25) is 0 Å². The Morgan fingerprint density at radius 1 is 0.961 bits per heavy atom. The molecule has 9 nitrogen and oxygen atoms in total. The molecule has 2 fully saturated rings. The molecule has 12 atom stereocenters. The van der Waals surface area contributed by atoms with Crippen LogP contribution in [0.5, 0.6) is 0 Å². The largest absolute Gasteiger partial charge is 0.481 e. The second-order valence-corrected chi connectivity index (χ2v) is 17.7. The molecule has 2 saturated carbocycles. The summed E-state index contributed by atoms with van der Waals surface area (Å²) in [6.07, 6.45) is 5.18. The van der Waals surface area contributed by atoms with E-state index in [4.69, 9.17) is 0 Å². The van der Waals surface area contributed by atoms with Gasteiger partial charge in [0.15, 0.2) is 11.6 Å². The minimum Gasteiger partial charge on any atom is -0.481 e. The Labute approximate surface area is 300 Å². The lowest BCUT2D eigenvalue weighted by molar-refractivity contribution is -0.161. The van der Waals surface area contributed by atoms with E-state index >= 15 is 0 Å². The SMILES string of the molecule is C[C@H](O)C[C@@H](C(=O)O)C(=O)[C@@H](O)C[C@@H](C)[C@@H]1C[C@]2(O)C=C[C@@]3(O)C4=C(C(=O)C[C@@]1(C)[C@]42C)[C@@]1(C)CCC(=O)C(C)(C)[C@@H]1[C@@H]3C=Cc1ccccc1. The highest BCUT2D eigenvalue weighted by atomic mass is 16.4. The van der Waals surface area contributed by atoms with Crippen molar-refractivity contribution >= 4 is 29.4 Å². The van der Waals surface area contributed by atoms with Crippen molar-refractivity contribution in [1.82, 2.24) is 0 Å². The molecule has 0 heterocycles. The zero-order chi connectivity index (χ0) is 37.7. The zero-order valence-corrected chi connectivity index (χ0v) is 30.8. The molecular formula is C42H54O9. The first kappa shape index (κ1) is 37.5. The van der Waals surface area contributed by atoms with Crippen LogP contribution < -0.4 is 0 Å². The molecule has 0 bridgehead atoms. The molecule has 1 aromatic rings. The van der Waals surface area contributed by atoms with Crippen LogP contribution in [0.4, 0.5) is 0 Å². The van der Waals surface area contributed by atoms with E-state index in [9.17, 15) is 44.7 Å². The number of rotatable bonds is 10. The third-order valence-corrected chi connectivity index (χ3v) is 14.5. The van der Waals surface area contributed by atoms with Gasteiger partial charge in [-0.25, -0.2) is 0 Å². The summed E-state index contributed by atoms with van der Waals surface area (Å²) < 4.78 is 0. The minimum atomic E-state index is -1.71. The number of aliphatic hydroxyl groups excluding tert-OH is 2. The Morgan fingerprint density at radius 2 is 1.61 bits per heavy atom. The van der Waals surface area contributed by atoms with Crippen molar-refractivity contribution < 1.29 is 44.7 Å². The van der Waals surface area contributed by atoms with Gasteiger partial charge in [-0.15, -0.1) is 0 Å². The third-order valence-electron chi connectivity index (χ3n) is 14.5. The van der Waals surface area contributed by atoms with Gasteiger partial charge in [0.25, 0.3) is 0 Å². The first-order valence-electron chi connectivity index (χ1n) is 18.4. The maximum absolute atomic E-state index is 14.9. The number of hydrogen-bond acceptors (Lipinski definition) is 8. The quantitative estimate of drug-likeness (QED) is 0.164. The standard InChI is InChI=1S/C42H54O9/c1-23(19-29(44)33(47)26(36(48)49)20-24(2)43)28-21-41(50)17-18-42(51)27(14-13-25-11-9-8-10-12-25)34-37(3,4)31(46)15-16-38(34,5)32-30(45)22-39(28,6)40(41,7)35(32)42/h8-14,17-18,23-24,26-29,34,43-44,50-51H,15-16,19-22H2,1-7H3,(H,48,49)/t23-,24+,26-,27+,28+,29+,34+,38-,39-,40+,41-,42+/m1/s1. The van der Waals surface area contributed by atoms with Crippen molar-refractivity contribution in [2.75, 3.05) is 0 Å². The minimum absolute atomic E-state index is 0.0641. The molecule has 0 radical (unpaired) electrons. The number of carbonyl (C=O) groups excluding carboxylic acids is 3. The van der Waals surface area contributed by atoms with E-state index in [0.29, 0.717) is 24.0 Å². The van der Waals surface area contributed by atoms with Crippen LogP contribution in [-0.4, -0.2) is 72.3 Å². The fourth-order valence-corrected chi connectivity index (χ4v) is 11.9. The van der Waals surface area contributed by atoms with E-state index in [0.717, 1.165) is 5.56 Å². The maximum Gasteiger partial charge on any atom is 0.314 e. The molecule has 5 aliphatic carbocycles. The lowest BCUT2D eigenvalue weighted by atomic mass is 9.36. The predicted molar refractivity (Wildman–Crippen MR) is 191 cm³/mol. The maximum atomic E-state index is 14.9. The van der Waals surface area contributed by atoms with Crippen LogP contribution in [0.3, 0.4) is 0 Å².